The van der Waals surface area contributed by atoms with E-state index in [1.165, 1.54) is 6.07 Å². The fraction of sp³-hybridized carbons (Fsp3) is 0.429. The molecule has 3 rings (SSSR count). The van der Waals surface area contributed by atoms with Crippen molar-refractivity contribution in [3.63, 3.8) is 0 Å². The van der Waals surface area contributed by atoms with Crippen LogP contribution in [0, 0.1) is 0 Å². The van der Waals surface area contributed by atoms with Gasteiger partial charge in [0.2, 0.25) is 5.91 Å². The SMILES string of the molecule is C[C@H](C(=O)NCc1ccccc1)N1CCCN(c2ccc(C(F)(F)F)cn2)CC1. The number of halogens is 3. The molecular formula is C21H25F3N4O. The molecule has 1 aromatic heterocycles. The Hall–Kier alpha value is -2.61. The van der Waals surface area contributed by atoms with E-state index in [0.29, 0.717) is 32.0 Å². The maximum atomic E-state index is 12.7. The summed E-state index contributed by atoms with van der Waals surface area (Å²) in [5.74, 6) is 0.496. The van der Waals surface area contributed by atoms with E-state index in [1.54, 1.807) is 0 Å². The fourth-order valence-corrected chi connectivity index (χ4v) is 3.39. The first-order valence-corrected chi connectivity index (χ1v) is 9.68. The molecule has 0 unspecified atom stereocenters. The Morgan fingerprint density at radius 3 is 2.52 bits per heavy atom. The van der Waals surface area contributed by atoms with Gasteiger partial charge in [-0.25, -0.2) is 4.98 Å². The summed E-state index contributed by atoms with van der Waals surface area (Å²) >= 11 is 0. The van der Waals surface area contributed by atoms with Gasteiger partial charge < -0.3 is 10.2 Å². The zero-order valence-electron chi connectivity index (χ0n) is 16.3. The number of hydrogen-bond donors (Lipinski definition) is 1. The average molecular weight is 406 g/mol. The summed E-state index contributed by atoms with van der Waals surface area (Å²) in [4.78, 5) is 20.6. The molecule has 1 atom stereocenters. The molecule has 5 nitrogen and oxygen atoms in total. The van der Waals surface area contributed by atoms with Gasteiger partial charge in [0.05, 0.1) is 11.6 Å². The number of anilines is 1. The van der Waals surface area contributed by atoms with Crippen molar-refractivity contribution in [2.75, 3.05) is 31.1 Å². The summed E-state index contributed by atoms with van der Waals surface area (Å²) in [5, 5.41) is 2.97. The van der Waals surface area contributed by atoms with E-state index in [4.69, 9.17) is 0 Å². The standard InChI is InChI=1S/C21H25F3N4O/c1-16(20(29)26-14-17-6-3-2-4-7-17)27-10-5-11-28(13-12-27)19-9-8-18(15-25-19)21(22,23)24/h2-4,6-9,15-16H,5,10-14H2,1H3,(H,26,29)/t16-/m1/s1. The molecule has 1 N–H and O–H groups in total. The van der Waals surface area contributed by atoms with Gasteiger partial charge in [0.15, 0.2) is 0 Å². The molecule has 2 aromatic rings. The maximum absolute atomic E-state index is 12.7. The van der Waals surface area contributed by atoms with Gasteiger partial charge in [-0.3, -0.25) is 9.69 Å². The van der Waals surface area contributed by atoms with Crippen LogP contribution in [0.4, 0.5) is 19.0 Å². The van der Waals surface area contributed by atoms with Crippen molar-refractivity contribution in [1.82, 2.24) is 15.2 Å². The number of rotatable bonds is 5. The van der Waals surface area contributed by atoms with Crippen LogP contribution < -0.4 is 10.2 Å². The van der Waals surface area contributed by atoms with E-state index in [9.17, 15) is 18.0 Å². The number of amides is 1. The van der Waals surface area contributed by atoms with Crippen molar-refractivity contribution in [3.8, 4) is 0 Å². The summed E-state index contributed by atoms with van der Waals surface area (Å²) in [6.07, 6.45) is -2.71. The molecule has 29 heavy (non-hydrogen) atoms. The van der Waals surface area contributed by atoms with E-state index in [-0.39, 0.29) is 11.9 Å². The number of nitrogens with zero attached hydrogens (tertiary/aromatic N) is 3. The van der Waals surface area contributed by atoms with Crippen LogP contribution in [-0.4, -0.2) is 48.0 Å². The van der Waals surface area contributed by atoms with Crippen molar-refractivity contribution in [2.45, 2.75) is 32.1 Å². The van der Waals surface area contributed by atoms with Crippen LogP contribution in [0.15, 0.2) is 48.7 Å². The third-order valence-corrected chi connectivity index (χ3v) is 5.17. The molecule has 1 fully saturated rings. The topological polar surface area (TPSA) is 48.5 Å². The summed E-state index contributed by atoms with van der Waals surface area (Å²) in [5.41, 5.74) is 0.296. The van der Waals surface area contributed by atoms with Crippen molar-refractivity contribution in [3.05, 3.63) is 59.8 Å². The summed E-state index contributed by atoms with van der Waals surface area (Å²) in [6.45, 7) is 5.05. The highest BCUT2D eigenvalue weighted by Crippen LogP contribution is 2.29. The predicted octanol–water partition coefficient (Wildman–Crippen LogP) is 3.32. The number of pyridine rings is 1. The first-order valence-electron chi connectivity index (χ1n) is 9.68. The van der Waals surface area contributed by atoms with Crippen LogP contribution in [0.5, 0.6) is 0 Å². The molecule has 2 heterocycles. The zero-order chi connectivity index (χ0) is 20.9. The molecule has 1 saturated heterocycles. The molecule has 0 spiro atoms. The third kappa shape index (κ3) is 5.69. The number of nitrogens with one attached hydrogen (secondary N) is 1. The van der Waals surface area contributed by atoms with Gasteiger partial charge in [-0.15, -0.1) is 0 Å². The minimum atomic E-state index is -4.39. The van der Waals surface area contributed by atoms with Crippen LogP contribution in [-0.2, 0) is 17.5 Å². The van der Waals surface area contributed by atoms with Crippen LogP contribution in [0.1, 0.15) is 24.5 Å². The monoisotopic (exact) mass is 406 g/mol. The lowest BCUT2D eigenvalue weighted by Crippen LogP contribution is -2.46. The normalized spacial score (nSPS) is 16.9. The van der Waals surface area contributed by atoms with Crippen molar-refractivity contribution < 1.29 is 18.0 Å². The Morgan fingerprint density at radius 1 is 1.10 bits per heavy atom. The summed E-state index contributed by atoms with van der Waals surface area (Å²) < 4.78 is 38.1. The van der Waals surface area contributed by atoms with Crippen LogP contribution in [0.2, 0.25) is 0 Å². The number of hydrogen-bond acceptors (Lipinski definition) is 4. The highest BCUT2D eigenvalue weighted by molar-refractivity contribution is 5.81. The van der Waals surface area contributed by atoms with Crippen molar-refractivity contribution in [1.29, 1.82) is 0 Å². The van der Waals surface area contributed by atoms with Gasteiger partial charge in [-0.1, -0.05) is 30.3 Å². The first-order chi connectivity index (χ1) is 13.8. The molecule has 0 saturated carbocycles. The molecule has 0 radical (unpaired) electrons. The molecule has 1 aromatic carbocycles. The highest BCUT2D eigenvalue weighted by atomic mass is 19.4. The van der Waals surface area contributed by atoms with Gasteiger partial charge in [0, 0.05) is 38.9 Å². The van der Waals surface area contributed by atoms with E-state index >= 15 is 0 Å². The Labute approximate surface area is 168 Å². The zero-order valence-corrected chi connectivity index (χ0v) is 16.3. The summed E-state index contributed by atoms with van der Waals surface area (Å²) in [7, 11) is 0. The molecule has 1 aliphatic heterocycles. The second-order valence-corrected chi connectivity index (χ2v) is 7.16. The van der Waals surface area contributed by atoms with Gasteiger partial charge in [0.25, 0.3) is 0 Å². The maximum Gasteiger partial charge on any atom is 0.417 e. The first kappa shape index (κ1) is 21.1. The number of alkyl halides is 3. The van der Waals surface area contributed by atoms with Gasteiger partial charge in [0.1, 0.15) is 5.82 Å². The minimum Gasteiger partial charge on any atom is -0.355 e. The molecule has 156 valence electrons. The van der Waals surface area contributed by atoms with E-state index < -0.39 is 11.7 Å². The lowest BCUT2D eigenvalue weighted by molar-refractivity contribution is -0.137. The second kappa shape index (κ2) is 9.26. The van der Waals surface area contributed by atoms with Crippen molar-refractivity contribution in [2.24, 2.45) is 0 Å². The van der Waals surface area contributed by atoms with E-state index in [1.807, 2.05) is 42.2 Å². The average Bonchev–Trinajstić information content (AvgIpc) is 2.98. The van der Waals surface area contributed by atoms with Crippen LogP contribution >= 0.6 is 0 Å². The Morgan fingerprint density at radius 2 is 1.86 bits per heavy atom. The molecule has 0 bridgehead atoms. The van der Waals surface area contributed by atoms with Crippen LogP contribution in [0.25, 0.3) is 0 Å². The Kier molecular flexibility index (Phi) is 6.74. The molecule has 1 aliphatic rings. The number of carbonyl (C=O) groups excluding carboxylic acids is 1. The van der Waals surface area contributed by atoms with Crippen molar-refractivity contribution >= 4 is 11.7 Å². The molecule has 0 aliphatic carbocycles. The molecule has 8 heteroatoms. The van der Waals surface area contributed by atoms with Gasteiger partial charge in [-0.2, -0.15) is 13.2 Å². The predicted molar refractivity (Wildman–Crippen MR) is 105 cm³/mol. The quantitative estimate of drug-likeness (QED) is 0.828. The third-order valence-electron chi connectivity index (χ3n) is 5.17. The van der Waals surface area contributed by atoms with Crippen LogP contribution in [0.3, 0.4) is 0 Å². The Bertz CT molecular complexity index is 796. The number of benzene rings is 1. The lowest BCUT2D eigenvalue weighted by atomic mass is 10.2. The Balaban J connectivity index is 1.54. The number of carbonyl (C=O) groups is 1. The largest absolute Gasteiger partial charge is 0.417 e. The second-order valence-electron chi connectivity index (χ2n) is 7.16. The molecule has 1 amide bonds. The lowest BCUT2D eigenvalue weighted by Gasteiger charge is -2.27. The van der Waals surface area contributed by atoms with E-state index in [0.717, 1.165) is 30.8 Å². The fourth-order valence-electron chi connectivity index (χ4n) is 3.39. The smallest absolute Gasteiger partial charge is 0.355 e. The highest BCUT2D eigenvalue weighted by Gasteiger charge is 2.31. The summed E-state index contributed by atoms with van der Waals surface area (Å²) in [6, 6.07) is 11.9. The van der Waals surface area contributed by atoms with Gasteiger partial charge >= 0.3 is 6.18 Å². The van der Waals surface area contributed by atoms with E-state index in [2.05, 4.69) is 15.2 Å². The molecular weight excluding hydrogens is 381 g/mol. The number of aromatic nitrogens is 1. The minimum absolute atomic E-state index is 0.0324. The van der Waals surface area contributed by atoms with Gasteiger partial charge in [-0.05, 0) is 31.0 Å².